The summed E-state index contributed by atoms with van der Waals surface area (Å²) in [5.74, 6) is -2.62. The Kier molecular flexibility index (Phi) is 8.47. The second kappa shape index (κ2) is 12.0. The minimum Gasteiger partial charge on any atom is -0.368 e. The molecule has 1 saturated carbocycles. The molecule has 3 aromatic rings. The van der Waals surface area contributed by atoms with E-state index in [0.717, 1.165) is 30.0 Å². The van der Waals surface area contributed by atoms with Gasteiger partial charge in [0.25, 0.3) is 5.91 Å². The molecule has 3 atom stereocenters. The van der Waals surface area contributed by atoms with Crippen LogP contribution in [-0.2, 0) is 16.1 Å². The topological polar surface area (TPSA) is 67.6 Å². The lowest BCUT2D eigenvalue weighted by atomic mass is 9.98. The van der Waals surface area contributed by atoms with E-state index in [1.54, 1.807) is 31.2 Å². The fraction of sp³-hybridized carbons (Fsp3) is 0.344. The number of alkyl halides is 3. The molecule has 1 aliphatic carbocycles. The van der Waals surface area contributed by atoms with Gasteiger partial charge in [-0.25, -0.2) is 4.39 Å². The Balaban J connectivity index is 1.47. The van der Waals surface area contributed by atoms with E-state index in [1.165, 1.54) is 23.1 Å². The van der Waals surface area contributed by atoms with Gasteiger partial charge in [0.05, 0.1) is 12.5 Å². The van der Waals surface area contributed by atoms with Crippen molar-refractivity contribution in [1.82, 2.24) is 0 Å². The Morgan fingerprint density at radius 3 is 2.49 bits per heavy atom. The molecule has 3 N–H and O–H groups in total. The maximum atomic E-state index is 15.2. The molecule has 1 amide bonds. The monoisotopic (exact) mass is 567 g/mol. The number of hydrogen-bond acceptors (Lipinski definition) is 4. The van der Waals surface area contributed by atoms with Gasteiger partial charge in [-0.3, -0.25) is 4.79 Å². The summed E-state index contributed by atoms with van der Waals surface area (Å²) < 4.78 is 63.6. The molecular formula is C32H33F4N3O2. The van der Waals surface area contributed by atoms with E-state index in [1.807, 2.05) is 30.3 Å². The summed E-state index contributed by atoms with van der Waals surface area (Å²) in [5, 5.41) is 2.72. The lowest BCUT2D eigenvalue weighted by Crippen LogP contribution is -2.41. The molecular weight excluding hydrogens is 534 g/mol. The summed E-state index contributed by atoms with van der Waals surface area (Å²) >= 11 is 0. The minimum atomic E-state index is -4.54. The van der Waals surface area contributed by atoms with Gasteiger partial charge in [0.1, 0.15) is 17.6 Å². The average molecular weight is 568 g/mol. The number of carbonyl (C=O) groups is 1. The fourth-order valence-corrected chi connectivity index (χ4v) is 5.33. The Morgan fingerprint density at radius 2 is 1.83 bits per heavy atom. The van der Waals surface area contributed by atoms with E-state index < -0.39 is 36.0 Å². The van der Waals surface area contributed by atoms with E-state index in [0.29, 0.717) is 18.2 Å². The van der Waals surface area contributed by atoms with Crippen LogP contribution in [0.4, 0.5) is 28.9 Å². The van der Waals surface area contributed by atoms with E-state index >= 15 is 4.39 Å². The lowest BCUT2D eigenvalue weighted by molar-refractivity contribution is -0.164. The summed E-state index contributed by atoms with van der Waals surface area (Å²) in [5.41, 5.74) is 8.09. The van der Waals surface area contributed by atoms with Gasteiger partial charge in [-0.1, -0.05) is 49.4 Å². The van der Waals surface area contributed by atoms with Crippen LogP contribution >= 0.6 is 0 Å². The number of nitrogens with one attached hydrogen (secondary N) is 1. The summed E-state index contributed by atoms with van der Waals surface area (Å²) in [6, 6.07) is 19.2. The molecule has 0 bridgehead atoms. The number of amides is 1. The first-order valence-electron chi connectivity index (χ1n) is 13.8. The number of nitrogens with two attached hydrogens (primary N) is 1. The number of ether oxygens (including phenoxy) is 1. The minimum absolute atomic E-state index is 0.121. The van der Waals surface area contributed by atoms with Gasteiger partial charge in [-0.2, -0.15) is 13.2 Å². The zero-order chi connectivity index (χ0) is 29.1. The zero-order valence-electron chi connectivity index (χ0n) is 22.7. The third-order valence-corrected chi connectivity index (χ3v) is 7.63. The molecule has 41 heavy (non-hydrogen) atoms. The first kappa shape index (κ1) is 28.8. The summed E-state index contributed by atoms with van der Waals surface area (Å²) in [6.07, 6.45) is -1.97. The largest absolute Gasteiger partial charge is 0.397 e. The van der Waals surface area contributed by atoms with Crippen LogP contribution in [0.5, 0.6) is 0 Å². The third-order valence-electron chi connectivity index (χ3n) is 7.63. The van der Waals surface area contributed by atoms with Crippen molar-refractivity contribution in [3.63, 3.8) is 0 Å². The Bertz CT molecular complexity index is 1410. The Morgan fingerprint density at radius 1 is 1.07 bits per heavy atom. The van der Waals surface area contributed by atoms with Crippen molar-refractivity contribution in [2.45, 2.75) is 51.1 Å². The van der Waals surface area contributed by atoms with Crippen LogP contribution in [0, 0.1) is 17.7 Å². The van der Waals surface area contributed by atoms with Crippen LogP contribution < -0.4 is 16.0 Å². The maximum absolute atomic E-state index is 15.2. The molecule has 3 unspecified atom stereocenters. The molecule has 3 aromatic carbocycles. The number of carbonyl (C=O) groups excluding carboxylic acids is 1. The fourth-order valence-electron chi connectivity index (χ4n) is 5.33. The number of hydrogen-bond donors (Lipinski definition) is 2. The van der Waals surface area contributed by atoms with Crippen molar-refractivity contribution in [1.29, 1.82) is 0 Å². The van der Waals surface area contributed by atoms with Gasteiger partial charge in [-0.15, -0.1) is 0 Å². The molecule has 1 aliphatic heterocycles. The van der Waals surface area contributed by atoms with Gasteiger partial charge < -0.3 is 20.7 Å². The highest BCUT2D eigenvalue weighted by molar-refractivity contribution is 6.07. The molecule has 0 radical (unpaired) electrons. The van der Waals surface area contributed by atoms with Crippen LogP contribution in [0.15, 0.2) is 84.6 Å². The van der Waals surface area contributed by atoms with Crippen LogP contribution in [0.2, 0.25) is 0 Å². The number of halogens is 4. The highest BCUT2D eigenvalue weighted by atomic mass is 19.4. The van der Waals surface area contributed by atoms with Crippen molar-refractivity contribution in [3.05, 3.63) is 107 Å². The highest BCUT2D eigenvalue weighted by Gasteiger charge is 2.50. The highest BCUT2D eigenvalue weighted by Crippen LogP contribution is 2.43. The van der Waals surface area contributed by atoms with E-state index in [4.69, 9.17) is 10.5 Å². The van der Waals surface area contributed by atoms with Gasteiger partial charge in [0.15, 0.2) is 0 Å². The number of benzene rings is 3. The maximum Gasteiger partial charge on any atom is 0.397 e. The normalized spacial score (nSPS) is 19.7. The third kappa shape index (κ3) is 6.47. The predicted octanol–water partition coefficient (Wildman–Crippen LogP) is 7.10. The van der Waals surface area contributed by atoms with Gasteiger partial charge in [0, 0.05) is 29.5 Å². The smallest absolute Gasteiger partial charge is 0.368 e. The van der Waals surface area contributed by atoms with Gasteiger partial charge >= 0.3 is 6.18 Å². The summed E-state index contributed by atoms with van der Waals surface area (Å²) in [4.78, 5) is 15.0. The van der Waals surface area contributed by atoms with E-state index in [9.17, 15) is 18.0 Å². The Labute approximate surface area is 237 Å². The van der Waals surface area contributed by atoms with Crippen LogP contribution in [0.1, 0.15) is 49.0 Å². The average Bonchev–Trinajstić information content (AvgIpc) is 3.70. The van der Waals surface area contributed by atoms with Crippen LogP contribution in [0.3, 0.4) is 0 Å². The summed E-state index contributed by atoms with van der Waals surface area (Å²) in [7, 11) is 0. The second-order valence-corrected chi connectivity index (χ2v) is 10.6. The van der Waals surface area contributed by atoms with Crippen molar-refractivity contribution < 1.29 is 27.1 Å². The van der Waals surface area contributed by atoms with E-state index in [2.05, 4.69) is 5.32 Å². The molecule has 2 aliphatic rings. The van der Waals surface area contributed by atoms with Gasteiger partial charge in [-0.05, 0) is 72.7 Å². The number of anilines is 2. The first-order valence-corrected chi connectivity index (χ1v) is 13.8. The molecule has 0 saturated heterocycles. The Hall–Kier alpha value is -3.69. The second-order valence-electron chi connectivity index (χ2n) is 10.6. The molecule has 5 rings (SSSR count). The molecule has 1 fully saturated rings. The first-order chi connectivity index (χ1) is 19.7. The zero-order valence-corrected chi connectivity index (χ0v) is 22.7. The molecule has 216 valence electrons. The lowest BCUT2D eigenvalue weighted by Gasteiger charge is -2.32. The summed E-state index contributed by atoms with van der Waals surface area (Å²) in [6.45, 7) is 2.35. The van der Waals surface area contributed by atoms with E-state index in [-0.39, 0.29) is 29.9 Å². The quantitative estimate of drug-likeness (QED) is 0.257. The van der Waals surface area contributed by atoms with Gasteiger partial charge in [0.2, 0.25) is 0 Å². The van der Waals surface area contributed by atoms with Crippen molar-refractivity contribution in [2.24, 2.45) is 17.6 Å². The molecule has 5 nitrogen and oxygen atoms in total. The van der Waals surface area contributed by atoms with Crippen LogP contribution in [0.25, 0.3) is 0 Å². The number of nitrogens with zero attached hydrogens (tertiary/aromatic N) is 1. The number of rotatable bonds is 10. The van der Waals surface area contributed by atoms with Crippen molar-refractivity contribution >= 4 is 17.3 Å². The SMILES string of the molecule is CCC1C(C(F)(F)F)C=C(C(=O)Nc2ccc(F)c(C(OCC3CC3)c3ccccc3)c2)N1c1cccc(CN)c1. The van der Waals surface area contributed by atoms with Crippen molar-refractivity contribution in [2.75, 3.05) is 16.8 Å². The van der Waals surface area contributed by atoms with Crippen LogP contribution in [-0.4, -0.2) is 24.7 Å². The predicted molar refractivity (Wildman–Crippen MR) is 151 cm³/mol. The molecule has 0 aromatic heterocycles. The molecule has 9 heteroatoms. The standard InChI is InChI=1S/C32H33F4N3O2/c1-2-28-26(32(34,35)36)17-29(39(28)24-10-6-7-21(15-24)18-37)31(40)38-23-13-14-27(33)25(16-23)30(41-19-20-11-12-20)22-8-4-3-5-9-22/h3-10,13-17,20,26,28,30H,2,11-12,18-19,37H2,1H3,(H,38,40). The van der Waals surface area contributed by atoms with Crippen molar-refractivity contribution in [3.8, 4) is 0 Å². The molecule has 0 spiro atoms. The molecule has 1 heterocycles.